The number of ether oxygens (including phenoxy) is 2. The van der Waals surface area contributed by atoms with Crippen LogP contribution in [0.15, 0.2) is 0 Å². The van der Waals surface area contributed by atoms with Crippen LogP contribution in [0.5, 0.6) is 0 Å². The van der Waals surface area contributed by atoms with Crippen LogP contribution in [0.25, 0.3) is 0 Å². The molecule has 0 rings (SSSR count). The van der Waals surface area contributed by atoms with E-state index in [1.165, 1.54) is 0 Å². The minimum absolute atomic E-state index is 0.204. The predicted molar refractivity (Wildman–Crippen MR) is 69.0 cm³/mol. The quantitative estimate of drug-likeness (QED) is 0.597. The van der Waals surface area contributed by atoms with Crippen molar-refractivity contribution < 1.29 is 19.1 Å². The molecule has 0 N–H and O–H groups in total. The number of carbonyl (C=O) groups is 2. The number of rotatable bonds is 9. The molecule has 0 spiro atoms. The molecule has 0 aromatic heterocycles. The Bertz CT molecular complexity index is 231. The molecule has 0 aliphatic carbocycles. The molecule has 17 heavy (non-hydrogen) atoms. The van der Waals surface area contributed by atoms with Gasteiger partial charge in [0.15, 0.2) is 0 Å². The number of hydrogen-bond donors (Lipinski definition) is 0. The smallest absolute Gasteiger partial charge is 0.309 e. The summed E-state index contributed by atoms with van der Waals surface area (Å²) in [7, 11) is 0. The summed E-state index contributed by atoms with van der Waals surface area (Å²) in [5.41, 5.74) is 0. The third kappa shape index (κ3) is 8.07. The Morgan fingerprint density at radius 1 is 1.12 bits per heavy atom. The predicted octanol–water partition coefficient (Wildman–Crippen LogP) is 2.26. The third-order valence-electron chi connectivity index (χ3n) is 2.15. The van der Waals surface area contributed by atoms with Crippen molar-refractivity contribution in [2.45, 2.75) is 33.6 Å². The van der Waals surface area contributed by atoms with Crippen molar-refractivity contribution in [3.63, 3.8) is 0 Å². The van der Waals surface area contributed by atoms with Gasteiger partial charge in [-0.2, -0.15) is 11.8 Å². The second-order valence-corrected chi connectivity index (χ2v) is 4.77. The van der Waals surface area contributed by atoms with E-state index in [1.807, 2.05) is 6.92 Å². The van der Waals surface area contributed by atoms with Crippen LogP contribution in [0.3, 0.4) is 0 Å². The van der Waals surface area contributed by atoms with Crippen LogP contribution >= 0.6 is 11.8 Å². The summed E-state index contributed by atoms with van der Waals surface area (Å²) in [5, 5.41) is 0. The van der Waals surface area contributed by atoms with E-state index in [1.54, 1.807) is 25.6 Å². The Kier molecular flexibility index (Phi) is 10.0. The highest BCUT2D eigenvalue weighted by atomic mass is 32.2. The first-order chi connectivity index (χ1) is 8.15. The van der Waals surface area contributed by atoms with Crippen LogP contribution in [0.4, 0.5) is 0 Å². The van der Waals surface area contributed by atoms with Crippen molar-refractivity contribution in [3.8, 4) is 0 Å². The summed E-state index contributed by atoms with van der Waals surface area (Å²) in [6, 6.07) is 0. The molecule has 1 atom stereocenters. The number of carbonyl (C=O) groups excluding carboxylic acids is 2. The average molecular weight is 262 g/mol. The van der Waals surface area contributed by atoms with Crippen LogP contribution in [0, 0.1) is 5.92 Å². The molecule has 0 fully saturated rings. The molecule has 0 aromatic carbocycles. The highest BCUT2D eigenvalue weighted by Crippen LogP contribution is 2.16. The first-order valence-corrected chi connectivity index (χ1v) is 7.21. The lowest BCUT2D eigenvalue weighted by molar-refractivity contribution is -0.148. The summed E-state index contributed by atoms with van der Waals surface area (Å²) in [6.07, 6.45) is 0.784. The van der Waals surface area contributed by atoms with Crippen LogP contribution in [0.2, 0.25) is 0 Å². The minimum atomic E-state index is -0.247. The number of thioether (sulfide) groups is 1. The topological polar surface area (TPSA) is 52.6 Å². The highest BCUT2D eigenvalue weighted by Gasteiger charge is 2.20. The lowest BCUT2D eigenvalue weighted by Gasteiger charge is -2.14. The fourth-order valence-corrected chi connectivity index (χ4v) is 2.14. The summed E-state index contributed by atoms with van der Waals surface area (Å²) in [6.45, 7) is 6.36. The van der Waals surface area contributed by atoms with Gasteiger partial charge >= 0.3 is 11.9 Å². The van der Waals surface area contributed by atoms with Crippen LogP contribution < -0.4 is 0 Å². The van der Waals surface area contributed by atoms with Crippen molar-refractivity contribution in [2.75, 3.05) is 24.7 Å². The molecule has 0 heterocycles. The van der Waals surface area contributed by atoms with Gasteiger partial charge in [-0.25, -0.2) is 0 Å². The van der Waals surface area contributed by atoms with E-state index >= 15 is 0 Å². The SMILES string of the molecule is CCOC(=O)CCC(CSCC)C(=O)OCC. The molecule has 1 unspecified atom stereocenters. The highest BCUT2D eigenvalue weighted by molar-refractivity contribution is 7.99. The zero-order valence-corrected chi connectivity index (χ0v) is 11.7. The van der Waals surface area contributed by atoms with Gasteiger partial charge in [0.25, 0.3) is 0 Å². The standard InChI is InChI=1S/C12H22O4S/c1-4-15-11(13)8-7-10(9-17-6-3)12(14)16-5-2/h10H,4-9H2,1-3H3. The van der Waals surface area contributed by atoms with Gasteiger partial charge in [-0.3, -0.25) is 9.59 Å². The molecule has 0 saturated carbocycles. The van der Waals surface area contributed by atoms with E-state index in [9.17, 15) is 9.59 Å². The van der Waals surface area contributed by atoms with Gasteiger partial charge in [-0.1, -0.05) is 6.92 Å². The number of hydrogen-bond acceptors (Lipinski definition) is 5. The van der Waals surface area contributed by atoms with Gasteiger partial charge in [0, 0.05) is 12.2 Å². The maximum Gasteiger partial charge on any atom is 0.309 e. The molecule has 0 aliphatic rings. The van der Waals surface area contributed by atoms with Gasteiger partial charge in [0.1, 0.15) is 0 Å². The summed E-state index contributed by atoms with van der Waals surface area (Å²) in [4.78, 5) is 22.9. The second kappa shape index (κ2) is 10.4. The molecule has 5 heteroatoms. The van der Waals surface area contributed by atoms with Crippen molar-refractivity contribution in [1.29, 1.82) is 0 Å². The number of esters is 2. The maximum absolute atomic E-state index is 11.6. The van der Waals surface area contributed by atoms with E-state index in [2.05, 4.69) is 0 Å². The molecular formula is C12H22O4S. The third-order valence-corrected chi connectivity index (χ3v) is 3.19. The van der Waals surface area contributed by atoms with Crippen LogP contribution in [-0.2, 0) is 19.1 Å². The maximum atomic E-state index is 11.6. The first kappa shape index (κ1) is 16.3. The van der Waals surface area contributed by atoms with Crippen LogP contribution in [-0.4, -0.2) is 36.7 Å². The molecule has 0 bridgehead atoms. The Morgan fingerprint density at radius 2 is 1.76 bits per heavy atom. The van der Waals surface area contributed by atoms with Gasteiger partial charge in [-0.15, -0.1) is 0 Å². The summed E-state index contributed by atoms with van der Waals surface area (Å²) in [5.74, 6) is 0.995. The minimum Gasteiger partial charge on any atom is -0.466 e. The molecule has 0 radical (unpaired) electrons. The van der Waals surface area contributed by atoms with E-state index in [4.69, 9.17) is 9.47 Å². The average Bonchev–Trinajstić information content (AvgIpc) is 2.29. The normalized spacial score (nSPS) is 11.9. The fraction of sp³-hybridized carbons (Fsp3) is 0.833. The molecule has 0 aromatic rings. The van der Waals surface area contributed by atoms with Gasteiger partial charge in [-0.05, 0) is 26.0 Å². The molecule has 100 valence electrons. The fourth-order valence-electron chi connectivity index (χ4n) is 1.31. The van der Waals surface area contributed by atoms with Gasteiger partial charge in [0.2, 0.25) is 0 Å². The zero-order valence-electron chi connectivity index (χ0n) is 10.9. The summed E-state index contributed by atoms with van der Waals surface area (Å²) >= 11 is 1.68. The first-order valence-electron chi connectivity index (χ1n) is 6.05. The molecular weight excluding hydrogens is 240 g/mol. The second-order valence-electron chi connectivity index (χ2n) is 3.45. The van der Waals surface area contributed by atoms with Gasteiger partial charge in [0.05, 0.1) is 19.1 Å². The van der Waals surface area contributed by atoms with E-state index in [0.717, 1.165) is 5.75 Å². The monoisotopic (exact) mass is 262 g/mol. The molecule has 0 saturated heterocycles. The Balaban J connectivity index is 4.08. The van der Waals surface area contributed by atoms with Crippen LogP contribution in [0.1, 0.15) is 33.6 Å². The zero-order chi connectivity index (χ0) is 13.1. The Labute approximate surface area is 107 Å². The van der Waals surface area contributed by atoms with Crippen molar-refractivity contribution >= 4 is 23.7 Å². The van der Waals surface area contributed by atoms with Crippen molar-refractivity contribution in [1.82, 2.24) is 0 Å². The molecule has 4 nitrogen and oxygen atoms in total. The van der Waals surface area contributed by atoms with E-state index < -0.39 is 0 Å². The lowest BCUT2D eigenvalue weighted by Crippen LogP contribution is -2.21. The largest absolute Gasteiger partial charge is 0.466 e. The van der Waals surface area contributed by atoms with Crippen molar-refractivity contribution in [3.05, 3.63) is 0 Å². The summed E-state index contributed by atoms with van der Waals surface area (Å²) < 4.78 is 9.83. The van der Waals surface area contributed by atoms with E-state index in [0.29, 0.717) is 25.4 Å². The Hall–Kier alpha value is -0.710. The van der Waals surface area contributed by atoms with Gasteiger partial charge < -0.3 is 9.47 Å². The lowest BCUT2D eigenvalue weighted by atomic mass is 10.1. The molecule has 0 amide bonds. The van der Waals surface area contributed by atoms with Crippen molar-refractivity contribution in [2.24, 2.45) is 5.92 Å². The molecule has 0 aliphatic heterocycles. The Morgan fingerprint density at radius 3 is 2.29 bits per heavy atom. The van der Waals surface area contributed by atoms with E-state index in [-0.39, 0.29) is 24.3 Å².